The summed E-state index contributed by atoms with van der Waals surface area (Å²) in [5.41, 5.74) is 0.241. The van der Waals surface area contributed by atoms with Gasteiger partial charge in [-0.15, -0.1) is 13.2 Å². The minimum absolute atomic E-state index is 0.00452. The van der Waals surface area contributed by atoms with Crippen LogP contribution in [-0.2, 0) is 12.5 Å². The van der Waals surface area contributed by atoms with Gasteiger partial charge in [0.1, 0.15) is 23.2 Å². The van der Waals surface area contributed by atoms with Crippen molar-refractivity contribution in [2.75, 3.05) is 0 Å². The molecule has 0 aromatic heterocycles. The van der Waals surface area contributed by atoms with E-state index >= 15 is 13.2 Å². The highest BCUT2D eigenvalue weighted by Gasteiger charge is 2.37. The molecule has 5 aromatic carbocycles. The molecular formula is C37H27F9O2. The molecule has 0 saturated heterocycles. The van der Waals surface area contributed by atoms with Gasteiger partial charge in [-0.2, -0.15) is 8.78 Å². The first-order valence-electron chi connectivity index (χ1n) is 14.9. The Balaban J connectivity index is 1.31. The van der Waals surface area contributed by atoms with E-state index in [1.54, 1.807) is 6.07 Å². The summed E-state index contributed by atoms with van der Waals surface area (Å²) < 4.78 is 135. The van der Waals surface area contributed by atoms with Gasteiger partial charge >= 0.3 is 12.5 Å². The van der Waals surface area contributed by atoms with Gasteiger partial charge in [-0.3, -0.25) is 0 Å². The molecule has 0 heterocycles. The van der Waals surface area contributed by atoms with E-state index < -0.39 is 58.4 Å². The number of hydrogen-bond donors (Lipinski definition) is 0. The Hall–Kier alpha value is -4.93. The maximum absolute atomic E-state index is 15.2. The molecule has 11 heteroatoms. The van der Waals surface area contributed by atoms with Gasteiger partial charge in [0, 0.05) is 5.56 Å². The predicted octanol–water partition coefficient (Wildman–Crippen LogP) is 12.0. The second kappa shape index (κ2) is 14.0. The van der Waals surface area contributed by atoms with E-state index in [4.69, 9.17) is 0 Å². The van der Waals surface area contributed by atoms with Crippen molar-refractivity contribution in [2.45, 2.75) is 45.1 Å². The first-order valence-corrected chi connectivity index (χ1v) is 14.9. The van der Waals surface area contributed by atoms with E-state index in [0.717, 1.165) is 73.7 Å². The SMILES string of the molecule is CCCCCc1ccc(-c2ccc(-c3ccc(OC(F)(F)c4cc(F)c(-c5ccc(OC(F)(F)F)cc5)c(F)c4)c(F)c3)c(F)c2)cc1. The zero-order valence-electron chi connectivity index (χ0n) is 25.3. The van der Waals surface area contributed by atoms with E-state index in [9.17, 15) is 26.3 Å². The van der Waals surface area contributed by atoms with Crippen molar-refractivity contribution in [2.24, 2.45) is 0 Å². The number of halogens is 9. The number of rotatable bonds is 11. The van der Waals surface area contributed by atoms with E-state index in [2.05, 4.69) is 16.4 Å². The van der Waals surface area contributed by atoms with Crippen LogP contribution in [0.15, 0.2) is 97.1 Å². The summed E-state index contributed by atoms with van der Waals surface area (Å²) in [5.74, 6) is -6.54. The number of unbranched alkanes of at least 4 members (excludes halogenated alkanes) is 2. The molecule has 0 bridgehead atoms. The van der Waals surface area contributed by atoms with Crippen molar-refractivity contribution in [1.82, 2.24) is 0 Å². The van der Waals surface area contributed by atoms with Gasteiger partial charge in [-0.1, -0.05) is 74.4 Å². The lowest BCUT2D eigenvalue weighted by molar-refractivity contribution is -0.274. The summed E-state index contributed by atoms with van der Waals surface area (Å²) >= 11 is 0. The first kappa shape index (κ1) is 34.4. The van der Waals surface area contributed by atoms with E-state index in [1.807, 2.05) is 24.3 Å². The van der Waals surface area contributed by atoms with Gasteiger partial charge in [0.05, 0.1) is 11.1 Å². The van der Waals surface area contributed by atoms with Gasteiger partial charge < -0.3 is 9.47 Å². The monoisotopic (exact) mass is 674 g/mol. The molecule has 0 unspecified atom stereocenters. The fourth-order valence-corrected chi connectivity index (χ4v) is 5.16. The van der Waals surface area contributed by atoms with Crippen molar-refractivity contribution in [3.8, 4) is 44.9 Å². The average Bonchev–Trinajstić information content (AvgIpc) is 3.02. The zero-order valence-corrected chi connectivity index (χ0v) is 25.3. The van der Waals surface area contributed by atoms with Gasteiger partial charge in [-0.05, 0) is 83.1 Å². The Morgan fingerprint density at radius 1 is 0.542 bits per heavy atom. The molecule has 0 fully saturated rings. The molecule has 5 aromatic rings. The summed E-state index contributed by atoms with van der Waals surface area (Å²) in [5, 5.41) is 0. The number of ether oxygens (including phenoxy) is 2. The Bertz CT molecular complexity index is 1860. The third-order valence-corrected chi connectivity index (χ3v) is 7.56. The second-order valence-corrected chi connectivity index (χ2v) is 11.0. The van der Waals surface area contributed by atoms with Gasteiger partial charge in [0.2, 0.25) is 0 Å². The number of aryl methyl sites for hydroxylation is 1. The van der Waals surface area contributed by atoms with Crippen molar-refractivity contribution in [1.29, 1.82) is 0 Å². The molecule has 48 heavy (non-hydrogen) atoms. The van der Waals surface area contributed by atoms with Gasteiger partial charge in [0.15, 0.2) is 11.6 Å². The lowest BCUT2D eigenvalue weighted by atomic mass is 9.98. The molecule has 0 aliphatic heterocycles. The van der Waals surface area contributed by atoms with Crippen LogP contribution in [0.5, 0.6) is 11.5 Å². The Kier molecular flexibility index (Phi) is 10.1. The summed E-state index contributed by atoms with van der Waals surface area (Å²) in [6, 6.07) is 18.9. The van der Waals surface area contributed by atoms with Crippen molar-refractivity contribution in [3.63, 3.8) is 0 Å². The molecule has 0 N–H and O–H groups in total. The van der Waals surface area contributed by atoms with E-state index in [-0.39, 0.29) is 28.8 Å². The topological polar surface area (TPSA) is 18.5 Å². The maximum atomic E-state index is 15.2. The number of alkyl halides is 5. The average molecular weight is 675 g/mol. The van der Waals surface area contributed by atoms with Crippen molar-refractivity contribution >= 4 is 0 Å². The third-order valence-electron chi connectivity index (χ3n) is 7.56. The lowest BCUT2D eigenvalue weighted by Crippen LogP contribution is -2.23. The van der Waals surface area contributed by atoms with Crippen LogP contribution in [0.1, 0.15) is 37.3 Å². The van der Waals surface area contributed by atoms with Crippen LogP contribution in [-0.4, -0.2) is 6.36 Å². The van der Waals surface area contributed by atoms with Crippen LogP contribution in [0.2, 0.25) is 0 Å². The molecule has 5 rings (SSSR count). The van der Waals surface area contributed by atoms with Crippen LogP contribution >= 0.6 is 0 Å². The van der Waals surface area contributed by atoms with Crippen LogP contribution in [0.4, 0.5) is 39.5 Å². The summed E-state index contributed by atoms with van der Waals surface area (Å²) in [6.45, 7) is 2.13. The zero-order chi connectivity index (χ0) is 34.6. The molecule has 0 atom stereocenters. The van der Waals surface area contributed by atoms with Crippen LogP contribution in [0, 0.1) is 23.3 Å². The predicted molar refractivity (Wildman–Crippen MR) is 163 cm³/mol. The smallest absolute Gasteiger partial charge is 0.426 e. The Morgan fingerprint density at radius 2 is 1.12 bits per heavy atom. The van der Waals surface area contributed by atoms with Crippen molar-refractivity contribution < 1.29 is 49.0 Å². The van der Waals surface area contributed by atoms with Crippen LogP contribution < -0.4 is 9.47 Å². The fraction of sp³-hybridized carbons (Fsp3) is 0.189. The third kappa shape index (κ3) is 8.13. The maximum Gasteiger partial charge on any atom is 0.573 e. The summed E-state index contributed by atoms with van der Waals surface area (Å²) in [7, 11) is 0. The number of benzene rings is 5. The van der Waals surface area contributed by atoms with E-state index in [0.29, 0.717) is 5.56 Å². The summed E-state index contributed by atoms with van der Waals surface area (Å²) in [4.78, 5) is 0. The highest BCUT2D eigenvalue weighted by atomic mass is 19.4. The molecule has 0 amide bonds. The van der Waals surface area contributed by atoms with Crippen molar-refractivity contribution in [3.05, 3.63) is 131 Å². The highest BCUT2D eigenvalue weighted by Crippen LogP contribution is 2.38. The molecule has 2 nitrogen and oxygen atoms in total. The van der Waals surface area contributed by atoms with E-state index in [1.165, 1.54) is 17.7 Å². The van der Waals surface area contributed by atoms with Crippen LogP contribution in [0.3, 0.4) is 0 Å². The van der Waals surface area contributed by atoms with Crippen LogP contribution in [0.25, 0.3) is 33.4 Å². The Labute approximate surface area is 270 Å². The molecule has 0 aliphatic rings. The minimum Gasteiger partial charge on any atom is -0.426 e. The molecule has 0 spiro atoms. The molecule has 0 aliphatic carbocycles. The largest absolute Gasteiger partial charge is 0.573 e. The first-order chi connectivity index (χ1) is 22.7. The minimum atomic E-state index is -4.99. The molecule has 0 radical (unpaired) electrons. The fourth-order valence-electron chi connectivity index (χ4n) is 5.16. The quantitative estimate of drug-likeness (QED) is 0.103. The van der Waals surface area contributed by atoms with Gasteiger partial charge in [0.25, 0.3) is 0 Å². The lowest BCUT2D eigenvalue weighted by Gasteiger charge is -2.20. The standard InChI is InChI=1S/C37H27F9O2/c1-2-3-4-5-22-6-8-23(9-7-22)25-12-16-29(30(38)18-25)26-13-17-34(31(39)19-26)48-36(42,43)27-20-32(40)35(33(41)21-27)24-10-14-28(15-11-24)47-37(44,45)46/h6-21H,2-5H2,1H3. The highest BCUT2D eigenvalue weighted by molar-refractivity contribution is 5.72. The second-order valence-electron chi connectivity index (χ2n) is 11.0. The Morgan fingerprint density at radius 3 is 1.71 bits per heavy atom. The summed E-state index contributed by atoms with van der Waals surface area (Å²) in [6.07, 6.45) is -5.14. The molecule has 250 valence electrons. The molecular weight excluding hydrogens is 647 g/mol. The normalized spacial score (nSPS) is 11.9. The van der Waals surface area contributed by atoms with Gasteiger partial charge in [-0.25, -0.2) is 17.6 Å². The number of hydrogen-bond acceptors (Lipinski definition) is 2. The molecule has 0 saturated carbocycles.